The highest BCUT2D eigenvalue weighted by atomic mass is 32.1. The molecule has 1 saturated heterocycles. The molecule has 2 heterocycles. The Labute approximate surface area is 242 Å². The van der Waals surface area contributed by atoms with E-state index in [1.165, 1.54) is 10.3 Å². The van der Waals surface area contributed by atoms with Gasteiger partial charge in [0.05, 0.1) is 6.04 Å². The van der Waals surface area contributed by atoms with Gasteiger partial charge in [0, 0.05) is 36.6 Å². The number of aliphatic hydroxyl groups is 1. The average Bonchev–Trinajstić information content (AvgIpc) is 3.41. The molecule has 0 aromatic carbocycles. The van der Waals surface area contributed by atoms with E-state index < -0.39 is 36.7 Å². The van der Waals surface area contributed by atoms with Crippen LogP contribution in [0, 0.1) is 17.8 Å². The zero-order valence-electron chi connectivity index (χ0n) is 24.8. The quantitative estimate of drug-likeness (QED) is 0.213. The second-order valence-corrected chi connectivity index (χ2v) is 12.1. The van der Waals surface area contributed by atoms with Gasteiger partial charge < -0.3 is 19.8 Å². The smallest absolute Gasteiger partial charge is 0.355 e. The van der Waals surface area contributed by atoms with Crippen LogP contribution < -0.4 is 0 Å². The van der Waals surface area contributed by atoms with Crippen molar-refractivity contribution in [2.24, 2.45) is 17.8 Å². The number of aliphatic hydroxyl groups excluding tert-OH is 1. The van der Waals surface area contributed by atoms with Crippen LogP contribution in [0.3, 0.4) is 0 Å². The number of rotatable bonds is 16. The number of carbonyl (C=O) groups excluding carboxylic acids is 3. The van der Waals surface area contributed by atoms with Gasteiger partial charge in [-0.05, 0) is 44.7 Å². The van der Waals surface area contributed by atoms with Crippen LogP contribution in [0.15, 0.2) is 5.38 Å². The number of hydrogen-bond acceptors (Lipinski definition) is 9. The Hall–Kier alpha value is -2.37. The molecular formula is C29H47N3O7S. The number of amides is 1. The van der Waals surface area contributed by atoms with Gasteiger partial charge in [0.25, 0.3) is 0 Å². The number of ether oxygens (including phenoxy) is 1. The molecule has 1 aliphatic heterocycles. The molecule has 1 amide bonds. The van der Waals surface area contributed by atoms with Crippen LogP contribution in [0.2, 0.25) is 0 Å². The largest absolute Gasteiger partial charge is 0.476 e. The number of likely N-dealkylation sites (N-methyl/N-ethyl adjacent to an activating group) is 1. The maximum Gasteiger partial charge on any atom is 0.355 e. The molecular weight excluding hydrogens is 534 g/mol. The van der Waals surface area contributed by atoms with Crippen molar-refractivity contribution in [2.75, 3.05) is 20.3 Å². The highest BCUT2D eigenvalue weighted by Gasteiger charge is 2.38. The Balaban J connectivity index is 2.36. The minimum Gasteiger partial charge on any atom is -0.476 e. The van der Waals surface area contributed by atoms with Crippen LogP contribution >= 0.6 is 11.3 Å². The fraction of sp³-hybridized carbons (Fsp3) is 0.759. The zero-order valence-corrected chi connectivity index (χ0v) is 25.6. The molecule has 0 radical (unpaired) electrons. The first-order chi connectivity index (χ1) is 18.9. The second kappa shape index (κ2) is 16.2. The molecule has 10 nitrogen and oxygen atoms in total. The second-order valence-electron chi connectivity index (χ2n) is 11.3. The Morgan fingerprint density at radius 3 is 2.42 bits per heavy atom. The molecule has 0 aliphatic carbocycles. The topological polar surface area (TPSA) is 137 Å². The average molecular weight is 582 g/mol. The van der Waals surface area contributed by atoms with Gasteiger partial charge in [-0.1, -0.05) is 47.5 Å². The zero-order chi connectivity index (χ0) is 30.0. The van der Waals surface area contributed by atoms with Gasteiger partial charge in [0.2, 0.25) is 5.91 Å². The van der Waals surface area contributed by atoms with E-state index >= 15 is 0 Å². The van der Waals surface area contributed by atoms with Crippen molar-refractivity contribution in [3.05, 3.63) is 16.1 Å². The maximum atomic E-state index is 14.1. The number of Topliss-reactive ketones (excluding diaryl/α,β-unsaturated/α-hetero) is 1. The summed E-state index contributed by atoms with van der Waals surface area (Å²) in [6, 6.07) is -0.750. The summed E-state index contributed by atoms with van der Waals surface area (Å²) in [4.78, 5) is 59.0. The fourth-order valence-electron chi connectivity index (χ4n) is 5.34. The molecule has 1 unspecified atom stereocenters. The lowest BCUT2D eigenvalue weighted by molar-refractivity contribution is -0.154. The Kier molecular flexibility index (Phi) is 13.7. The molecule has 2 N–H and O–H groups in total. The van der Waals surface area contributed by atoms with E-state index in [0.717, 1.165) is 37.1 Å². The van der Waals surface area contributed by atoms with E-state index in [4.69, 9.17) is 4.74 Å². The number of piperidine rings is 1. The lowest BCUT2D eigenvalue weighted by atomic mass is 9.82. The van der Waals surface area contributed by atoms with Crippen molar-refractivity contribution in [2.45, 2.75) is 104 Å². The van der Waals surface area contributed by atoms with Crippen molar-refractivity contribution in [1.82, 2.24) is 14.8 Å². The standard InChI is InChI=1S/C29H47N3O7S/c1-7-11-26(35)39-25(27-30-21(16-40-27)29(37)38)15-23(18(3)4)32(17-33)28(36)20(19(5)8-2)14-24(34)22-12-9-10-13-31(22)6/h16,18-20,22-23,25,33H,7-15,17H2,1-6H3,(H,37,38)/t19-,20-,22?,23+,25+/m0/s1. The molecule has 1 fully saturated rings. The Bertz CT molecular complexity index is 998. The normalized spacial score (nSPS) is 19.1. The highest BCUT2D eigenvalue weighted by molar-refractivity contribution is 7.09. The van der Waals surface area contributed by atoms with Crippen molar-refractivity contribution in [3.63, 3.8) is 0 Å². The lowest BCUT2D eigenvalue weighted by Gasteiger charge is -2.38. The summed E-state index contributed by atoms with van der Waals surface area (Å²) in [5, 5.41) is 21.6. The monoisotopic (exact) mass is 581 g/mol. The van der Waals surface area contributed by atoms with Crippen molar-refractivity contribution in [3.8, 4) is 0 Å². The molecule has 40 heavy (non-hydrogen) atoms. The molecule has 11 heteroatoms. The summed E-state index contributed by atoms with van der Waals surface area (Å²) < 4.78 is 5.75. The van der Waals surface area contributed by atoms with Crippen LogP contribution in [-0.2, 0) is 19.1 Å². The highest BCUT2D eigenvalue weighted by Crippen LogP contribution is 2.33. The van der Waals surface area contributed by atoms with Gasteiger partial charge in [-0.15, -0.1) is 11.3 Å². The van der Waals surface area contributed by atoms with Gasteiger partial charge in [-0.3, -0.25) is 19.3 Å². The van der Waals surface area contributed by atoms with Crippen molar-refractivity contribution < 1.29 is 34.1 Å². The minimum absolute atomic E-state index is 0.0511. The van der Waals surface area contributed by atoms with Crippen LogP contribution in [0.1, 0.15) is 108 Å². The first-order valence-corrected chi connectivity index (χ1v) is 15.3. The van der Waals surface area contributed by atoms with Crippen LogP contribution in [-0.4, -0.2) is 81.0 Å². The Morgan fingerprint density at radius 1 is 1.20 bits per heavy atom. The lowest BCUT2D eigenvalue weighted by Crippen LogP contribution is -2.50. The summed E-state index contributed by atoms with van der Waals surface area (Å²) in [6.45, 7) is 9.92. The Morgan fingerprint density at radius 2 is 1.90 bits per heavy atom. The number of thiazole rings is 1. The molecule has 1 aromatic rings. The summed E-state index contributed by atoms with van der Waals surface area (Å²) >= 11 is 1.08. The minimum atomic E-state index is -1.18. The predicted octanol–water partition coefficient (Wildman–Crippen LogP) is 4.52. The fourth-order valence-corrected chi connectivity index (χ4v) is 6.17. The van der Waals surface area contributed by atoms with Gasteiger partial charge >= 0.3 is 11.9 Å². The third kappa shape index (κ3) is 9.07. The van der Waals surface area contributed by atoms with Gasteiger partial charge in [0.1, 0.15) is 11.7 Å². The third-order valence-corrected chi connectivity index (χ3v) is 8.95. The first kappa shape index (κ1) is 33.8. The third-order valence-electron chi connectivity index (χ3n) is 8.02. The summed E-state index contributed by atoms with van der Waals surface area (Å²) in [7, 11) is 1.95. The number of aromatic carboxylic acids is 1. The summed E-state index contributed by atoms with van der Waals surface area (Å²) in [5.41, 5.74) is -0.143. The van der Waals surface area contributed by atoms with E-state index in [1.807, 2.05) is 41.7 Å². The SMILES string of the molecule is CCCC(=O)O[C@H](C[C@H](C(C)C)N(CO)C(=O)[C@@H](CC(=O)C1CCCCN1C)[C@@H](C)CC)c1nc(C(=O)O)cs1. The van der Waals surface area contributed by atoms with Crippen LogP contribution in [0.5, 0.6) is 0 Å². The van der Waals surface area contributed by atoms with Crippen molar-refractivity contribution in [1.29, 1.82) is 0 Å². The number of nitrogens with zero attached hydrogens (tertiary/aromatic N) is 3. The van der Waals surface area contributed by atoms with E-state index in [2.05, 4.69) is 9.88 Å². The van der Waals surface area contributed by atoms with Gasteiger partial charge in [-0.25, -0.2) is 9.78 Å². The molecule has 226 valence electrons. The maximum absolute atomic E-state index is 14.1. The molecule has 0 saturated carbocycles. The number of ketones is 1. The van der Waals surface area contributed by atoms with Gasteiger partial charge in [0.15, 0.2) is 17.6 Å². The number of esters is 1. The number of carboxylic acids is 1. The number of hydrogen-bond donors (Lipinski definition) is 2. The molecule has 5 atom stereocenters. The van der Waals surface area contributed by atoms with E-state index in [1.54, 1.807) is 0 Å². The molecule has 0 bridgehead atoms. The molecule has 2 rings (SSSR count). The molecule has 1 aliphatic rings. The number of likely N-dealkylation sites (tertiary alicyclic amines) is 1. The first-order valence-electron chi connectivity index (χ1n) is 14.5. The van der Waals surface area contributed by atoms with Crippen LogP contribution in [0.4, 0.5) is 0 Å². The van der Waals surface area contributed by atoms with Crippen molar-refractivity contribution >= 4 is 35.0 Å². The van der Waals surface area contributed by atoms with E-state index in [9.17, 15) is 29.4 Å². The number of carboxylic acid groups (broad SMARTS) is 1. The molecule has 1 aromatic heterocycles. The van der Waals surface area contributed by atoms with Gasteiger partial charge in [-0.2, -0.15) is 0 Å². The van der Waals surface area contributed by atoms with E-state index in [0.29, 0.717) is 17.8 Å². The van der Waals surface area contributed by atoms with E-state index in [-0.39, 0.29) is 54.5 Å². The number of carbonyl (C=O) groups is 4. The molecule has 0 spiro atoms. The predicted molar refractivity (Wildman–Crippen MR) is 153 cm³/mol. The summed E-state index contributed by atoms with van der Waals surface area (Å²) in [5.74, 6) is -2.69. The number of aromatic nitrogens is 1. The summed E-state index contributed by atoms with van der Waals surface area (Å²) in [6.07, 6.45) is 3.66. The van der Waals surface area contributed by atoms with Crippen LogP contribution in [0.25, 0.3) is 0 Å².